The Morgan fingerprint density at radius 2 is 1.38 bits per heavy atom. The number of hydrogen-bond acceptors (Lipinski definition) is 3. The SMILES string of the molecule is CC(Oc1ccc2ccccc2c1)C(=O)NN=Cc1c2ccccc2cc2ccccc12. The van der Waals surface area contributed by atoms with Crippen molar-refractivity contribution < 1.29 is 9.53 Å². The first-order valence-corrected chi connectivity index (χ1v) is 10.6. The fourth-order valence-corrected chi connectivity index (χ4v) is 3.94. The molecule has 1 unspecified atom stereocenters. The molecular weight excluding hydrogens is 396 g/mol. The number of hydrazone groups is 1. The molecule has 5 aromatic rings. The number of fused-ring (bicyclic) bond motifs is 3. The molecule has 5 rings (SSSR count). The molecule has 0 radical (unpaired) electrons. The maximum absolute atomic E-state index is 12.6. The minimum Gasteiger partial charge on any atom is -0.481 e. The molecule has 0 heterocycles. The Morgan fingerprint density at radius 1 is 0.781 bits per heavy atom. The van der Waals surface area contributed by atoms with Crippen molar-refractivity contribution in [1.29, 1.82) is 0 Å². The molecule has 0 spiro atoms. The quantitative estimate of drug-likeness (QED) is 0.214. The van der Waals surface area contributed by atoms with Crippen molar-refractivity contribution in [3.63, 3.8) is 0 Å². The molecular formula is C28H22N2O2. The number of benzene rings is 5. The van der Waals surface area contributed by atoms with Crippen LogP contribution in [0, 0.1) is 0 Å². The normalized spacial score (nSPS) is 12.4. The first-order valence-electron chi connectivity index (χ1n) is 10.6. The standard InChI is InChI=1S/C28H22N2O2/c1-19(32-24-15-14-20-8-2-3-9-21(20)17-24)28(31)30-29-18-27-25-12-6-4-10-22(25)16-23-11-5-7-13-26(23)27/h2-19H,1H3,(H,30,31). The highest BCUT2D eigenvalue weighted by Crippen LogP contribution is 2.27. The number of ether oxygens (including phenoxy) is 1. The monoisotopic (exact) mass is 418 g/mol. The maximum atomic E-state index is 12.6. The first-order chi connectivity index (χ1) is 15.7. The summed E-state index contributed by atoms with van der Waals surface area (Å²) in [4.78, 5) is 12.6. The molecule has 4 heteroatoms. The molecule has 156 valence electrons. The number of carbonyl (C=O) groups excluding carboxylic acids is 1. The maximum Gasteiger partial charge on any atom is 0.280 e. The largest absolute Gasteiger partial charge is 0.481 e. The summed E-state index contributed by atoms with van der Waals surface area (Å²) in [5, 5.41) is 10.9. The molecule has 0 bridgehead atoms. The minimum atomic E-state index is -0.683. The molecule has 0 saturated carbocycles. The van der Waals surface area contributed by atoms with Gasteiger partial charge in [0.05, 0.1) is 6.21 Å². The molecule has 0 saturated heterocycles. The zero-order chi connectivity index (χ0) is 21.9. The first kappa shape index (κ1) is 19.8. The summed E-state index contributed by atoms with van der Waals surface area (Å²) in [6, 6.07) is 32.3. The van der Waals surface area contributed by atoms with Crippen LogP contribution < -0.4 is 10.2 Å². The highest BCUT2D eigenvalue weighted by molar-refractivity contribution is 6.13. The third kappa shape index (κ3) is 3.91. The smallest absolute Gasteiger partial charge is 0.280 e. The van der Waals surface area contributed by atoms with Crippen molar-refractivity contribution >= 4 is 44.4 Å². The van der Waals surface area contributed by atoms with Crippen LogP contribution in [0.25, 0.3) is 32.3 Å². The second-order valence-electron chi connectivity index (χ2n) is 7.74. The van der Waals surface area contributed by atoms with Crippen LogP contribution in [0.15, 0.2) is 102 Å². The highest BCUT2D eigenvalue weighted by atomic mass is 16.5. The zero-order valence-electron chi connectivity index (χ0n) is 17.7. The zero-order valence-corrected chi connectivity index (χ0v) is 17.7. The van der Waals surface area contributed by atoms with E-state index in [0.717, 1.165) is 37.9 Å². The van der Waals surface area contributed by atoms with Gasteiger partial charge in [0.25, 0.3) is 5.91 Å². The van der Waals surface area contributed by atoms with Crippen molar-refractivity contribution in [2.24, 2.45) is 5.10 Å². The van der Waals surface area contributed by atoms with Gasteiger partial charge in [-0.25, -0.2) is 5.43 Å². The Bertz CT molecular complexity index is 1420. The average Bonchev–Trinajstić information content (AvgIpc) is 2.83. The van der Waals surface area contributed by atoms with E-state index in [2.05, 4.69) is 40.9 Å². The van der Waals surface area contributed by atoms with Crippen molar-refractivity contribution in [3.05, 3.63) is 103 Å². The molecule has 4 nitrogen and oxygen atoms in total. The molecule has 0 fully saturated rings. The molecule has 1 atom stereocenters. The Hall–Kier alpha value is -4.18. The van der Waals surface area contributed by atoms with Gasteiger partial charge in [-0.1, -0.05) is 78.9 Å². The van der Waals surface area contributed by atoms with Gasteiger partial charge in [0, 0.05) is 5.56 Å². The van der Waals surface area contributed by atoms with E-state index in [1.54, 1.807) is 13.1 Å². The second kappa shape index (κ2) is 8.52. The molecule has 0 aliphatic rings. The lowest BCUT2D eigenvalue weighted by Crippen LogP contribution is -2.33. The summed E-state index contributed by atoms with van der Waals surface area (Å²) in [6.45, 7) is 1.72. The lowest BCUT2D eigenvalue weighted by molar-refractivity contribution is -0.127. The average molecular weight is 418 g/mol. The third-order valence-corrected chi connectivity index (χ3v) is 5.58. The van der Waals surface area contributed by atoms with E-state index in [4.69, 9.17) is 4.74 Å². The van der Waals surface area contributed by atoms with Crippen LogP contribution in [-0.2, 0) is 4.79 Å². The van der Waals surface area contributed by atoms with Gasteiger partial charge < -0.3 is 4.74 Å². The predicted octanol–water partition coefficient (Wildman–Crippen LogP) is 6.06. The van der Waals surface area contributed by atoms with Gasteiger partial charge in [0.15, 0.2) is 6.10 Å². The fourth-order valence-electron chi connectivity index (χ4n) is 3.94. The number of nitrogens with one attached hydrogen (secondary N) is 1. The number of rotatable bonds is 5. The van der Waals surface area contributed by atoms with Gasteiger partial charge in [-0.3, -0.25) is 4.79 Å². The van der Waals surface area contributed by atoms with Crippen LogP contribution in [0.2, 0.25) is 0 Å². The van der Waals surface area contributed by atoms with E-state index in [1.165, 1.54) is 0 Å². The predicted molar refractivity (Wildman–Crippen MR) is 131 cm³/mol. The second-order valence-corrected chi connectivity index (χ2v) is 7.74. The van der Waals surface area contributed by atoms with E-state index in [-0.39, 0.29) is 5.91 Å². The number of nitrogens with zero attached hydrogens (tertiary/aromatic N) is 1. The van der Waals surface area contributed by atoms with Crippen molar-refractivity contribution in [2.45, 2.75) is 13.0 Å². The Kier molecular flexibility index (Phi) is 5.26. The highest BCUT2D eigenvalue weighted by Gasteiger charge is 2.14. The van der Waals surface area contributed by atoms with E-state index in [0.29, 0.717) is 5.75 Å². The molecule has 1 N–H and O–H groups in total. The van der Waals surface area contributed by atoms with Crippen molar-refractivity contribution in [3.8, 4) is 5.75 Å². The molecule has 1 amide bonds. The minimum absolute atomic E-state index is 0.307. The molecule has 5 aromatic carbocycles. The van der Waals surface area contributed by atoms with E-state index >= 15 is 0 Å². The van der Waals surface area contributed by atoms with Crippen LogP contribution in [0.4, 0.5) is 0 Å². The fraction of sp³-hybridized carbons (Fsp3) is 0.0714. The van der Waals surface area contributed by atoms with Gasteiger partial charge in [-0.2, -0.15) is 5.10 Å². The van der Waals surface area contributed by atoms with Crippen LogP contribution >= 0.6 is 0 Å². The molecule has 32 heavy (non-hydrogen) atoms. The van der Waals surface area contributed by atoms with Gasteiger partial charge in [-0.15, -0.1) is 0 Å². The van der Waals surface area contributed by atoms with E-state index in [1.807, 2.05) is 66.7 Å². The lowest BCUT2D eigenvalue weighted by Gasteiger charge is -2.13. The summed E-state index contributed by atoms with van der Waals surface area (Å²) in [7, 11) is 0. The molecule has 0 aromatic heterocycles. The Labute approximate surface area is 186 Å². The summed E-state index contributed by atoms with van der Waals surface area (Å²) in [5.41, 5.74) is 3.60. The Morgan fingerprint density at radius 3 is 2.06 bits per heavy atom. The lowest BCUT2D eigenvalue weighted by atomic mass is 9.97. The van der Waals surface area contributed by atoms with Crippen LogP contribution in [0.5, 0.6) is 5.75 Å². The van der Waals surface area contributed by atoms with Gasteiger partial charge in [0.1, 0.15) is 5.75 Å². The van der Waals surface area contributed by atoms with Gasteiger partial charge >= 0.3 is 0 Å². The molecule has 0 aliphatic heterocycles. The topological polar surface area (TPSA) is 50.7 Å². The number of amides is 1. The van der Waals surface area contributed by atoms with Crippen LogP contribution in [0.1, 0.15) is 12.5 Å². The number of hydrogen-bond donors (Lipinski definition) is 1. The summed E-state index contributed by atoms with van der Waals surface area (Å²) < 4.78 is 5.84. The summed E-state index contributed by atoms with van der Waals surface area (Å²) in [5.74, 6) is 0.342. The summed E-state index contributed by atoms with van der Waals surface area (Å²) >= 11 is 0. The van der Waals surface area contributed by atoms with Crippen molar-refractivity contribution in [1.82, 2.24) is 5.43 Å². The molecule has 0 aliphatic carbocycles. The van der Waals surface area contributed by atoms with E-state index in [9.17, 15) is 4.79 Å². The van der Waals surface area contributed by atoms with Crippen LogP contribution in [-0.4, -0.2) is 18.2 Å². The Balaban J connectivity index is 1.35. The van der Waals surface area contributed by atoms with E-state index < -0.39 is 6.10 Å². The van der Waals surface area contributed by atoms with Crippen molar-refractivity contribution in [2.75, 3.05) is 0 Å². The summed E-state index contributed by atoms with van der Waals surface area (Å²) in [6.07, 6.45) is 1.03. The number of carbonyl (C=O) groups is 1. The van der Waals surface area contributed by atoms with Gasteiger partial charge in [-0.05, 0) is 57.4 Å². The third-order valence-electron chi connectivity index (χ3n) is 5.58. The van der Waals surface area contributed by atoms with Crippen LogP contribution in [0.3, 0.4) is 0 Å². The van der Waals surface area contributed by atoms with Gasteiger partial charge in [0.2, 0.25) is 0 Å².